The van der Waals surface area contributed by atoms with Gasteiger partial charge in [-0.1, -0.05) is 12.1 Å². The van der Waals surface area contributed by atoms with Crippen LogP contribution in [0.4, 0.5) is 4.39 Å². The SMILES string of the molecule is COc1ccc(C(CNC(=O)c2cccc(F)c2)N2CCOCC2)cc1OC. The maximum absolute atomic E-state index is 13.4. The van der Waals surface area contributed by atoms with Gasteiger partial charge in [-0.25, -0.2) is 4.39 Å². The van der Waals surface area contributed by atoms with E-state index in [1.165, 1.54) is 18.2 Å². The van der Waals surface area contributed by atoms with E-state index in [2.05, 4.69) is 10.2 Å². The van der Waals surface area contributed by atoms with E-state index in [1.807, 2.05) is 18.2 Å². The number of methoxy groups -OCH3 is 2. The normalized spacial score (nSPS) is 15.7. The lowest BCUT2D eigenvalue weighted by Gasteiger charge is -2.35. The second-order valence-corrected chi connectivity index (χ2v) is 6.50. The first-order valence-electron chi connectivity index (χ1n) is 9.20. The zero-order valence-corrected chi connectivity index (χ0v) is 16.1. The molecule has 7 heteroatoms. The minimum absolute atomic E-state index is 0.0683. The van der Waals surface area contributed by atoms with Gasteiger partial charge in [-0.2, -0.15) is 0 Å². The van der Waals surface area contributed by atoms with Crippen LogP contribution in [0.25, 0.3) is 0 Å². The van der Waals surface area contributed by atoms with E-state index in [1.54, 1.807) is 20.3 Å². The van der Waals surface area contributed by atoms with Gasteiger partial charge in [0.15, 0.2) is 11.5 Å². The molecular weight excluding hydrogens is 363 g/mol. The van der Waals surface area contributed by atoms with E-state index >= 15 is 0 Å². The summed E-state index contributed by atoms with van der Waals surface area (Å²) in [5.74, 6) is 0.543. The maximum atomic E-state index is 13.4. The number of amides is 1. The molecule has 2 aromatic rings. The Morgan fingerprint density at radius 2 is 1.89 bits per heavy atom. The molecule has 1 aliphatic rings. The van der Waals surface area contributed by atoms with Crippen molar-refractivity contribution in [2.45, 2.75) is 6.04 Å². The fourth-order valence-corrected chi connectivity index (χ4v) is 3.33. The molecule has 2 aromatic carbocycles. The first-order chi connectivity index (χ1) is 13.6. The van der Waals surface area contributed by atoms with Gasteiger partial charge in [-0.15, -0.1) is 0 Å². The number of hydrogen-bond acceptors (Lipinski definition) is 5. The topological polar surface area (TPSA) is 60.0 Å². The Bertz CT molecular complexity index is 809. The van der Waals surface area contributed by atoms with Gasteiger partial charge in [0.2, 0.25) is 0 Å². The van der Waals surface area contributed by atoms with E-state index in [0.717, 1.165) is 18.7 Å². The fourth-order valence-electron chi connectivity index (χ4n) is 3.33. The van der Waals surface area contributed by atoms with Crippen LogP contribution in [-0.2, 0) is 4.74 Å². The summed E-state index contributed by atoms with van der Waals surface area (Å²) in [4.78, 5) is 14.7. The Hall–Kier alpha value is -2.64. The molecule has 1 saturated heterocycles. The number of nitrogens with zero attached hydrogens (tertiary/aromatic N) is 1. The predicted molar refractivity (Wildman–Crippen MR) is 103 cm³/mol. The van der Waals surface area contributed by atoms with Gasteiger partial charge in [-0.3, -0.25) is 9.69 Å². The third-order valence-electron chi connectivity index (χ3n) is 4.82. The number of hydrogen-bond donors (Lipinski definition) is 1. The summed E-state index contributed by atoms with van der Waals surface area (Å²) in [6.45, 7) is 3.18. The molecule has 1 N–H and O–H groups in total. The van der Waals surface area contributed by atoms with Crippen molar-refractivity contribution in [2.75, 3.05) is 47.1 Å². The lowest BCUT2D eigenvalue weighted by molar-refractivity contribution is 0.0162. The Balaban J connectivity index is 1.80. The number of benzene rings is 2. The van der Waals surface area contributed by atoms with E-state index in [0.29, 0.717) is 36.8 Å². The summed E-state index contributed by atoms with van der Waals surface area (Å²) < 4.78 is 29.6. The number of carbonyl (C=O) groups excluding carboxylic acids is 1. The number of halogens is 1. The van der Waals surface area contributed by atoms with Gasteiger partial charge < -0.3 is 19.5 Å². The van der Waals surface area contributed by atoms with Crippen LogP contribution in [-0.4, -0.2) is 57.9 Å². The summed E-state index contributed by atoms with van der Waals surface area (Å²) >= 11 is 0. The smallest absolute Gasteiger partial charge is 0.251 e. The zero-order valence-electron chi connectivity index (χ0n) is 16.1. The lowest BCUT2D eigenvalue weighted by atomic mass is 10.0. The Kier molecular flexibility index (Phi) is 6.84. The van der Waals surface area contributed by atoms with Crippen LogP contribution in [0.5, 0.6) is 11.5 Å². The zero-order chi connectivity index (χ0) is 19.9. The van der Waals surface area contributed by atoms with Crippen molar-refractivity contribution in [1.29, 1.82) is 0 Å². The van der Waals surface area contributed by atoms with Crippen molar-refractivity contribution in [3.05, 3.63) is 59.4 Å². The monoisotopic (exact) mass is 388 g/mol. The number of carbonyl (C=O) groups is 1. The molecule has 0 aromatic heterocycles. The summed E-state index contributed by atoms with van der Waals surface area (Å²) in [7, 11) is 3.19. The number of rotatable bonds is 7. The van der Waals surface area contributed by atoms with E-state index in [4.69, 9.17) is 14.2 Å². The Morgan fingerprint density at radius 1 is 1.14 bits per heavy atom. The molecule has 1 unspecified atom stereocenters. The number of ether oxygens (including phenoxy) is 3. The van der Waals surface area contributed by atoms with Gasteiger partial charge in [0.25, 0.3) is 5.91 Å². The van der Waals surface area contributed by atoms with Crippen molar-refractivity contribution in [2.24, 2.45) is 0 Å². The second-order valence-electron chi connectivity index (χ2n) is 6.50. The molecule has 28 heavy (non-hydrogen) atoms. The van der Waals surface area contributed by atoms with Crippen LogP contribution >= 0.6 is 0 Å². The third-order valence-corrected chi connectivity index (χ3v) is 4.82. The molecule has 1 atom stereocenters. The first-order valence-corrected chi connectivity index (χ1v) is 9.20. The van der Waals surface area contributed by atoms with Gasteiger partial charge in [0.1, 0.15) is 5.82 Å². The van der Waals surface area contributed by atoms with Crippen LogP contribution in [0, 0.1) is 5.82 Å². The van der Waals surface area contributed by atoms with E-state index < -0.39 is 5.82 Å². The highest BCUT2D eigenvalue weighted by molar-refractivity contribution is 5.94. The van der Waals surface area contributed by atoms with Gasteiger partial charge in [-0.05, 0) is 35.9 Å². The highest BCUT2D eigenvalue weighted by atomic mass is 19.1. The van der Waals surface area contributed by atoms with Gasteiger partial charge in [0, 0.05) is 25.2 Å². The highest BCUT2D eigenvalue weighted by Crippen LogP contribution is 2.32. The van der Waals surface area contributed by atoms with E-state index in [9.17, 15) is 9.18 Å². The van der Waals surface area contributed by atoms with Crippen LogP contribution in [0.3, 0.4) is 0 Å². The lowest BCUT2D eigenvalue weighted by Crippen LogP contribution is -2.43. The minimum Gasteiger partial charge on any atom is -0.493 e. The van der Waals surface area contributed by atoms with Crippen LogP contribution in [0.1, 0.15) is 22.0 Å². The molecule has 0 bridgehead atoms. The van der Waals surface area contributed by atoms with Crippen LogP contribution in [0.2, 0.25) is 0 Å². The Morgan fingerprint density at radius 3 is 2.57 bits per heavy atom. The molecule has 150 valence electrons. The summed E-state index contributed by atoms with van der Waals surface area (Å²) in [5.41, 5.74) is 1.30. The molecule has 0 saturated carbocycles. The third kappa shape index (κ3) is 4.79. The van der Waals surface area contributed by atoms with E-state index in [-0.39, 0.29) is 11.9 Å². The van der Waals surface area contributed by atoms with Crippen molar-refractivity contribution < 1.29 is 23.4 Å². The fraction of sp³-hybridized carbons (Fsp3) is 0.381. The summed E-state index contributed by atoms with van der Waals surface area (Å²) in [5, 5.41) is 2.93. The van der Waals surface area contributed by atoms with Crippen molar-refractivity contribution in [3.63, 3.8) is 0 Å². The largest absolute Gasteiger partial charge is 0.493 e. The quantitative estimate of drug-likeness (QED) is 0.790. The van der Waals surface area contributed by atoms with Gasteiger partial charge >= 0.3 is 0 Å². The van der Waals surface area contributed by atoms with Crippen LogP contribution in [0.15, 0.2) is 42.5 Å². The molecule has 1 fully saturated rings. The molecule has 0 radical (unpaired) electrons. The molecule has 1 heterocycles. The van der Waals surface area contributed by atoms with Crippen molar-refractivity contribution in [3.8, 4) is 11.5 Å². The first kappa shape index (κ1) is 20.1. The maximum Gasteiger partial charge on any atom is 0.251 e. The number of nitrogens with one attached hydrogen (secondary N) is 1. The highest BCUT2D eigenvalue weighted by Gasteiger charge is 2.24. The van der Waals surface area contributed by atoms with Crippen molar-refractivity contribution >= 4 is 5.91 Å². The number of morpholine rings is 1. The average molecular weight is 388 g/mol. The molecule has 3 rings (SSSR count). The molecule has 6 nitrogen and oxygen atoms in total. The molecular formula is C21H25FN2O4. The van der Waals surface area contributed by atoms with Crippen LogP contribution < -0.4 is 14.8 Å². The predicted octanol–water partition coefficient (Wildman–Crippen LogP) is 2.65. The molecule has 1 amide bonds. The molecule has 0 aliphatic carbocycles. The summed E-state index contributed by atoms with van der Waals surface area (Å²) in [6, 6.07) is 11.4. The molecule has 1 aliphatic heterocycles. The standard InChI is InChI=1S/C21H25FN2O4/c1-26-19-7-6-15(13-20(19)27-2)18(24-8-10-28-11-9-24)14-23-21(25)16-4-3-5-17(22)12-16/h3-7,12-13,18H,8-11,14H2,1-2H3,(H,23,25). The minimum atomic E-state index is -0.433. The van der Waals surface area contributed by atoms with Crippen molar-refractivity contribution in [1.82, 2.24) is 10.2 Å². The van der Waals surface area contributed by atoms with Gasteiger partial charge in [0.05, 0.1) is 33.5 Å². The summed E-state index contributed by atoms with van der Waals surface area (Å²) in [6.07, 6.45) is 0. The average Bonchev–Trinajstić information content (AvgIpc) is 2.74. The Labute approximate surface area is 164 Å². The molecule has 0 spiro atoms. The second kappa shape index (κ2) is 9.52.